The third-order valence-electron chi connectivity index (χ3n) is 2.60. The molecule has 3 heteroatoms. The molecule has 15 heavy (non-hydrogen) atoms. The summed E-state index contributed by atoms with van der Waals surface area (Å²) in [5.74, 6) is -1.43. The molecule has 1 saturated carbocycles. The quantitative estimate of drug-likeness (QED) is 0.697. The molecule has 0 aliphatic heterocycles. The molecule has 1 aromatic carbocycles. The van der Waals surface area contributed by atoms with E-state index in [0.29, 0.717) is 0 Å². The van der Waals surface area contributed by atoms with Gasteiger partial charge in [-0.1, -0.05) is 42.5 Å². The van der Waals surface area contributed by atoms with Crippen LogP contribution in [0, 0.1) is 11.8 Å². The first-order valence-corrected chi connectivity index (χ1v) is 4.87. The van der Waals surface area contributed by atoms with Crippen molar-refractivity contribution in [3.8, 4) is 0 Å². The van der Waals surface area contributed by atoms with Crippen LogP contribution in [0.2, 0.25) is 0 Å². The van der Waals surface area contributed by atoms with Crippen molar-refractivity contribution in [1.29, 1.82) is 0 Å². The Kier molecular flexibility index (Phi) is 2.55. The number of hydrogen-bond acceptors (Lipinski definition) is 0. The van der Waals surface area contributed by atoms with Crippen LogP contribution < -0.4 is 0 Å². The first-order chi connectivity index (χ1) is 7.07. The highest BCUT2D eigenvalue weighted by Gasteiger charge is 2.54. The van der Waals surface area contributed by atoms with Crippen molar-refractivity contribution < 1.29 is 13.2 Å². The van der Waals surface area contributed by atoms with E-state index in [1.807, 2.05) is 30.3 Å². The van der Waals surface area contributed by atoms with Gasteiger partial charge in [0.25, 0.3) is 0 Å². The Morgan fingerprint density at radius 1 is 1.13 bits per heavy atom. The predicted molar refractivity (Wildman–Crippen MR) is 53.1 cm³/mol. The Balaban J connectivity index is 1.93. The van der Waals surface area contributed by atoms with E-state index < -0.39 is 12.1 Å². The highest BCUT2D eigenvalue weighted by Crippen LogP contribution is 2.50. The van der Waals surface area contributed by atoms with Gasteiger partial charge in [-0.3, -0.25) is 0 Å². The zero-order valence-corrected chi connectivity index (χ0v) is 8.04. The second-order valence-electron chi connectivity index (χ2n) is 3.82. The summed E-state index contributed by atoms with van der Waals surface area (Å²) in [5, 5.41) is 0. The van der Waals surface area contributed by atoms with Crippen LogP contribution in [0.25, 0.3) is 6.08 Å². The number of benzene rings is 1. The summed E-state index contributed by atoms with van der Waals surface area (Å²) in [7, 11) is 0. The lowest BCUT2D eigenvalue weighted by Gasteiger charge is -2.02. The molecule has 1 fully saturated rings. The van der Waals surface area contributed by atoms with Gasteiger partial charge in [-0.15, -0.1) is 0 Å². The van der Waals surface area contributed by atoms with Crippen LogP contribution in [-0.4, -0.2) is 6.18 Å². The molecule has 2 atom stereocenters. The Bertz CT molecular complexity index is 351. The number of rotatable bonds is 2. The maximum absolute atomic E-state index is 12.2. The van der Waals surface area contributed by atoms with Crippen LogP contribution in [0.4, 0.5) is 13.2 Å². The molecule has 1 aliphatic carbocycles. The molecule has 0 aromatic heterocycles. The summed E-state index contributed by atoms with van der Waals surface area (Å²) in [6.45, 7) is 0. The zero-order chi connectivity index (χ0) is 10.9. The fourth-order valence-electron chi connectivity index (χ4n) is 1.60. The van der Waals surface area contributed by atoms with Gasteiger partial charge in [0.1, 0.15) is 0 Å². The lowest BCUT2D eigenvalue weighted by molar-refractivity contribution is -0.149. The summed E-state index contributed by atoms with van der Waals surface area (Å²) in [6.07, 6.45) is -0.359. The highest BCUT2D eigenvalue weighted by atomic mass is 19.4. The van der Waals surface area contributed by atoms with Gasteiger partial charge in [0.15, 0.2) is 0 Å². The number of halogens is 3. The molecule has 0 bridgehead atoms. The van der Waals surface area contributed by atoms with Crippen molar-refractivity contribution in [2.45, 2.75) is 12.6 Å². The minimum Gasteiger partial charge on any atom is -0.171 e. The SMILES string of the molecule is FC(F)(F)[C@@H]1C[C@@H]1/C=C/c1ccccc1. The van der Waals surface area contributed by atoms with Gasteiger partial charge in [0, 0.05) is 0 Å². The normalized spacial score (nSPS) is 25.8. The van der Waals surface area contributed by atoms with E-state index in [9.17, 15) is 13.2 Å². The van der Waals surface area contributed by atoms with Gasteiger partial charge in [-0.25, -0.2) is 0 Å². The minimum absolute atomic E-state index is 0.243. The van der Waals surface area contributed by atoms with E-state index in [-0.39, 0.29) is 12.3 Å². The predicted octanol–water partition coefficient (Wildman–Crippen LogP) is 3.90. The van der Waals surface area contributed by atoms with Gasteiger partial charge in [0.05, 0.1) is 5.92 Å². The van der Waals surface area contributed by atoms with Crippen LogP contribution in [0.5, 0.6) is 0 Å². The molecule has 0 nitrogen and oxygen atoms in total. The van der Waals surface area contributed by atoms with Crippen LogP contribution in [0.15, 0.2) is 36.4 Å². The maximum Gasteiger partial charge on any atom is 0.392 e. The van der Waals surface area contributed by atoms with Gasteiger partial charge in [-0.2, -0.15) is 13.2 Å². The first-order valence-electron chi connectivity index (χ1n) is 4.87. The van der Waals surface area contributed by atoms with Gasteiger partial charge < -0.3 is 0 Å². The molecule has 0 spiro atoms. The van der Waals surface area contributed by atoms with E-state index >= 15 is 0 Å². The smallest absolute Gasteiger partial charge is 0.171 e. The Morgan fingerprint density at radius 3 is 2.33 bits per heavy atom. The van der Waals surface area contributed by atoms with E-state index in [2.05, 4.69) is 0 Å². The molecule has 0 saturated heterocycles. The number of alkyl halides is 3. The zero-order valence-electron chi connectivity index (χ0n) is 8.04. The summed E-state index contributed by atoms with van der Waals surface area (Å²) in [5.41, 5.74) is 0.949. The highest BCUT2D eigenvalue weighted by molar-refractivity contribution is 5.49. The van der Waals surface area contributed by atoms with Crippen molar-refractivity contribution in [2.75, 3.05) is 0 Å². The molecule has 80 valence electrons. The van der Waals surface area contributed by atoms with E-state index in [1.54, 1.807) is 12.2 Å². The molecule has 0 heterocycles. The maximum atomic E-state index is 12.2. The Hall–Kier alpha value is -1.25. The third kappa shape index (κ3) is 2.61. The molecular weight excluding hydrogens is 201 g/mol. The monoisotopic (exact) mass is 212 g/mol. The fraction of sp³-hybridized carbons (Fsp3) is 0.333. The molecule has 0 unspecified atom stereocenters. The minimum atomic E-state index is -4.02. The number of hydrogen-bond donors (Lipinski definition) is 0. The van der Waals surface area contributed by atoms with Gasteiger partial charge >= 0.3 is 6.18 Å². The van der Waals surface area contributed by atoms with Crippen LogP contribution in [0.3, 0.4) is 0 Å². The molecule has 0 amide bonds. The largest absolute Gasteiger partial charge is 0.392 e. The van der Waals surface area contributed by atoms with Crippen LogP contribution in [0.1, 0.15) is 12.0 Å². The molecule has 0 radical (unpaired) electrons. The summed E-state index contributed by atoms with van der Waals surface area (Å²) < 4.78 is 36.5. The van der Waals surface area contributed by atoms with E-state index in [1.165, 1.54) is 0 Å². The van der Waals surface area contributed by atoms with Crippen molar-refractivity contribution in [1.82, 2.24) is 0 Å². The lowest BCUT2D eigenvalue weighted by Crippen LogP contribution is -2.11. The topological polar surface area (TPSA) is 0 Å². The average molecular weight is 212 g/mol. The second-order valence-corrected chi connectivity index (χ2v) is 3.82. The summed E-state index contributed by atoms with van der Waals surface area (Å²) in [6, 6.07) is 9.37. The van der Waals surface area contributed by atoms with Crippen molar-refractivity contribution in [2.24, 2.45) is 11.8 Å². The van der Waals surface area contributed by atoms with Gasteiger partial charge in [-0.05, 0) is 17.9 Å². The van der Waals surface area contributed by atoms with E-state index in [0.717, 1.165) is 5.56 Å². The third-order valence-corrected chi connectivity index (χ3v) is 2.60. The molecule has 0 N–H and O–H groups in total. The average Bonchev–Trinajstić information content (AvgIpc) is 2.95. The molecule has 1 aliphatic rings. The lowest BCUT2D eigenvalue weighted by atomic mass is 10.2. The van der Waals surface area contributed by atoms with E-state index in [4.69, 9.17) is 0 Å². The Labute approximate surface area is 86.4 Å². The van der Waals surface area contributed by atoms with Crippen molar-refractivity contribution in [3.63, 3.8) is 0 Å². The van der Waals surface area contributed by atoms with Crippen molar-refractivity contribution >= 4 is 6.08 Å². The molecular formula is C12H11F3. The summed E-state index contributed by atoms with van der Waals surface area (Å²) >= 11 is 0. The van der Waals surface area contributed by atoms with Crippen molar-refractivity contribution in [3.05, 3.63) is 42.0 Å². The summed E-state index contributed by atoms with van der Waals surface area (Å²) in [4.78, 5) is 0. The molecule has 1 aromatic rings. The Morgan fingerprint density at radius 2 is 1.80 bits per heavy atom. The van der Waals surface area contributed by atoms with Crippen LogP contribution in [-0.2, 0) is 0 Å². The fourth-order valence-corrected chi connectivity index (χ4v) is 1.60. The van der Waals surface area contributed by atoms with Crippen LogP contribution >= 0.6 is 0 Å². The number of allylic oxidation sites excluding steroid dienone is 1. The standard InChI is InChI=1S/C12H11F3/c13-12(14,15)11-8-10(11)7-6-9-4-2-1-3-5-9/h1-7,10-11H,8H2/b7-6+/t10-,11+/m0/s1. The van der Waals surface area contributed by atoms with Gasteiger partial charge in [0.2, 0.25) is 0 Å². The molecule has 2 rings (SSSR count). The first kappa shape index (κ1) is 10.3. The second kappa shape index (κ2) is 3.72.